The summed E-state index contributed by atoms with van der Waals surface area (Å²) in [7, 11) is 6.52. The van der Waals surface area contributed by atoms with Crippen LogP contribution >= 0.6 is 0 Å². The van der Waals surface area contributed by atoms with E-state index in [1.165, 1.54) is 0 Å². The van der Waals surface area contributed by atoms with Crippen LogP contribution in [0.4, 0.5) is 0 Å². The number of ether oxygens (including phenoxy) is 4. The van der Waals surface area contributed by atoms with E-state index in [9.17, 15) is 0 Å². The van der Waals surface area contributed by atoms with Gasteiger partial charge >= 0.3 is 0 Å². The molecule has 0 aromatic heterocycles. The summed E-state index contributed by atoms with van der Waals surface area (Å²) in [5.41, 5.74) is 1.00. The molecule has 0 bridgehead atoms. The third kappa shape index (κ3) is 2.87. The minimum atomic E-state index is -0.0928. The normalized spacial score (nSPS) is 12.2. The van der Waals surface area contributed by atoms with E-state index in [1.54, 1.807) is 28.4 Å². The van der Waals surface area contributed by atoms with Crippen molar-refractivity contribution >= 4 is 0 Å². The summed E-state index contributed by atoms with van der Waals surface area (Å²) in [6, 6.07) is 5.69. The summed E-state index contributed by atoms with van der Waals surface area (Å²) in [5, 5.41) is 0. The molecule has 0 spiro atoms. The van der Waals surface area contributed by atoms with Gasteiger partial charge in [0.15, 0.2) is 11.5 Å². The van der Waals surface area contributed by atoms with E-state index in [2.05, 4.69) is 0 Å². The molecule has 4 nitrogen and oxygen atoms in total. The Bertz CT molecular complexity index is 325. The highest BCUT2D eigenvalue weighted by molar-refractivity contribution is 5.43. The molecule has 0 heterocycles. The third-order valence-corrected chi connectivity index (χ3v) is 2.38. The standard InChI is InChI=1S/C12H18O4/c1-13-8-12(16-4)9-5-6-10(14-2)11(7-9)15-3/h5-7,12H,8H2,1-4H3. The van der Waals surface area contributed by atoms with Gasteiger partial charge in [0.2, 0.25) is 0 Å². The lowest BCUT2D eigenvalue weighted by molar-refractivity contribution is 0.0273. The van der Waals surface area contributed by atoms with Gasteiger partial charge in [-0.05, 0) is 17.7 Å². The largest absolute Gasteiger partial charge is 0.493 e. The molecule has 0 aliphatic carbocycles. The zero-order valence-corrected chi connectivity index (χ0v) is 10.1. The smallest absolute Gasteiger partial charge is 0.161 e. The lowest BCUT2D eigenvalue weighted by Crippen LogP contribution is -2.08. The second-order valence-electron chi connectivity index (χ2n) is 3.29. The van der Waals surface area contributed by atoms with E-state index < -0.39 is 0 Å². The maximum atomic E-state index is 5.33. The van der Waals surface area contributed by atoms with Crippen molar-refractivity contribution in [1.82, 2.24) is 0 Å². The maximum Gasteiger partial charge on any atom is 0.161 e. The second kappa shape index (κ2) is 6.35. The molecule has 0 radical (unpaired) electrons. The molecule has 0 amide bonds. The van der Waals surface area contributed by atoms with E-state index in [-0.39, 0.29) is 6.10 Å². The van der Waals surface area contributed by atoms with Gasteiger partial charge in [-0.15, -0.1) is 0 Å². The van der Waals surface area contributed by atoms with E-state index in [0.29, 0.717) is 18.1 Å². The van der Waals surface area contributed by atoms with Crippen LogP contribution in [0.25, 0.3) is 0 Å². The summed E-state index contributed by atoms with van der Waals surface area (Å²) in [5.74, 6) is 1.40. The molecule has 4 heteroatoms. The van der Waals surface area contributed by atoms with Crippen molar-refractivity contribution in [2.75, 3.05) is 35.0 Å². The first kappa shape index (κ1) is 12.8. The van der Waals surface area contributed by atoms with Gasteiger partial charge in [-0.2, -0.15) is 0 Å². The highest BCUT2D eigenvalue weighted by atomic mass is 16.5. The van der Waals surface area contributed by atoms with Crippen molar-refractivity contribution < 1.29 is 18.9 Å². The highest BCUT2D eigenvalue weighted by Gasteiger charge is 2.13. The molecular formula is C12H18O4. The van der Waals surface area contributed by atoms with Crippen LogP contribution in [0.15, 0.2) is 18.2 Å². The van der Waals surface area contributed by atoms with Crippen molar-refractivity contribution in [3.05, 3.63) is 23.8 Å². The van der Waals surface area contributed by atoms with Crippen LogP contribution in [0, 0.1) is 0 Å². The summed E-state index contributed by atoms with van der Waals surface area (Å²) >= 11 is 0. The molecule has 1 unspecified atom stereocenters. The SMILES string of the molecule is COCC(OC)c1ccc(OC)c(OC)c1. The predicted octanol–water partition coefficient (Wildman–Crippen LogP) is 2.04. The summed E-state index contributed by atoms with van der Waals surface area (Å²) in [6.07, 6.45) is -0.0928. The van der Waals surface area contributed by atoms with Gasteiger partial charge in [0, 0.05) is 14.2 Å². The third-order valence-electron chi connectivity index (χ3n) is 2.38. The lowest BCUT2D eigenvalue weighted by Gasteiger charge is -2.16. The molecule has 0 aliphatic rings. The number of hydrogen-bond donors (Lipinski definition) is 0. The first-order valence-corrected chi connectivity index (χ1v) is 5.00. The van der Waals surface area contributed by atoms with Gasteiger partial charge in [-0.3, -0.25) is 0 Å². The number of benzene rings is 1. The summed E-state index contributed by atoms with van der Waals surface area (Å²) in [4.78, 5) is 0. The molecule has 0 N–H and O–H groups in total. The maximum absolute atomic E-state index is 5.33. The Hall–Kier alpha value is -1.26. The van der Waals surface area contributed by atoms with E-state index in [4.69, 9.17) is 18.9 Å². The molecule has 1 atom stereocenters. The quantitative estimate of drug-likeness (QED) is 0.743. The monoisotopic (exact) mass is 226 g/mol. The van der Waals surface area contributed by atoms with Crippen LogP contribution in [0.5, 0.6) is 11.5 Å². The Labute approximate surface area is 96.1 Å². The van der Waals surface area contributed by atoms with Crippen molar-refractivity contribution in [3.8, 4) is 11.5 Å². The van der Waals surface area contributed by atoms with Crippen molar-refractivity contribution in [3.63, 3.8) is 0 Å². The highest BCUT2D eigenvalue weighted by Crippen LogP contribution is 2.30. The van der Waals surface area contributed by atoms with E-state index >= 15 is 0 Å². The van der Waals surface area contributed by atoms with Gasteiger partial charge in [0.1, 0.15) is 6.10 Å². The first-order valence-electron chi connectivity index (χ1n) is 5.00. The predicted molar refractivity (Wildman–Crippen MR) is 61.2 cm³/mol. The molecule has 0 saturated heterocycles. The van der Waals surface area contributed by atoms with Gasteiger partial charge in [0.25, 0.3) is 0 Å². The minimum Gasteiger partial charge on any atom is -0.493 e. The topological polar surface area (TPSA) is 36.9 Å². The number of methoxy groups -OCH3 is 4. The molecule has 1 aromatic rings. The van der Waals surface area contributed by atoms with Crippen molar-refractivity contribution in [2.45, 2.75) is 6.10 Å². The van der Waals surface area contributed by atoms with Crippen LogP contribution in [0.3, 0.4) is 0 Å². The second-order valence-corrected chi connectivity index (χ2v) is 3.29. The summed E-state index contributed by atoms with van der Waals surface area (Å²) in [6.45, 7) is 0.506. The number of hydrogen-bond acceptors (Lipinski definition) is 4. The molecular weight excluding hydrogens is 208 g/mol. The van der Waals surface area contributed by atoms with Crippen LogP contribution in [0.1, 0.15) is 11.7 Å². The molecule has 0 saturated carbocycles. The van der Waals surface area contributed by atoms with Crippen molar-refractivity contribution in [2.24, 2.45) is 0 Å². The van der Waals surface area contributed by atoms with Crippen LogP contribution in [0.2, 0.25) is 0 Å². The molecule has 0 fully saturated rings. The Kier molecular flexibility index (Phi) is 5.08. The average Bonchev–Trinajstić information content (AvgIpc) is 2.35. The first-order chi connectivity index (χ1) is 7.76. The molecule has 90 valence electrons. The van der Waals surface area contributed by atoms with Crippen LogP contribution < -0.4 is 9.47 Å². The minimum absolute atomic E-state index is 0.0928. The van der Waals surface area contributed by atoms with Crippen LogP contribution in [-0.4, -0.2) is 35.0 Å². The number of rotatable bonds is 6. The van der Waals surface area contributed by atoms with Crippen LogP contribution in [-0.2, 0) is 9.47 Å². The fourth-order valence-electron chi connectivity index (χ4n) is 1.50. The molecule has 1 rings (SSSR count). The molecule has 1 aromatic carbocycles. The Morgan fingerprint density at radius 2 is 1.69 bits per heavy atom. The fraction of sp³-hybridized carbons (Fsp3) is 0.500. The zero-order valence-electron chi connectivity index (χ0n) is 10.1. The van der Waals surface area contributed by atoms with E-state index in [0.717, 1.165) is 5.56 Å². The van der Waals surface area contributed by atoms with Gasteiger partial charge in [-0.25, -0.2) is 0 Å². The Morgan fingerprint density at radius 1 is 1.00 bits per heavy atom. The summed E-state index contributed by atoms with van der Waals surface area (Å²) < 4.78 is 20.8. The van der Waals surface area contributed by atoms with Gasteiger partial charge < -0.3 is 18.9 Å². The average molecular weight is 226 g/mol. The van der Waals surface area contributed by atoms with Gasteiger partial charge in [-0.1, -0.05) is 6.07 Å². The lowest BCUT2D eigenvalue weighted by atomic mass is 10.1. The molecule has 16 heavy (non-hydrogen) atoms. The Balaban J connectivity index is 2.96. The Morgan fingerprint density at radius 3 is 2.19 bits per heavy atom. The molecule has 0 aliphatic heterocycles. The van der Waals surface area contributed by atoms with E-state index in [1.807, 2.05) is 18.2 Å². The van der Waals surface area contributed by atoms with Gasteiger partial charge in [0.05, 0.1) is 20.8 Å². The zero-order chi connectivity index (χ0) is 12.0. The fourth-order valence-corrected chi connectivity index (χ4v) is 1.50. The van der Waals surface area contributed by atoms with Crippen molar-refractivity contribution in [1.29, 1.82) is 0 Å².